The van der Waals surface area contributed by atoms with E-state index in [0.717, 1.165) is 19.3 Å². The first kappa shape index (κ1) is 14.8. The van der Waals surface area contributed by atoms with Crippen LogP contribution in [0, 0.1) is 11.2 Å². The number of hydrogen-bond donors (Lipinski definition) is 2. The van der Waals surface area contributed by atoms with E-state index in [1.807, 2.05) is 6.92 Å². The Morgan fingerprint density at radius 3 is 3.00 bits per heavy atom. The van der Waals surface area contributed by atoms with Crippen molar-refractivity contribution in [3.8, 4) is 5.75 Å². The third-order valence-electron chi connectivity index (χ3n) is 4.16. The number of halogens is 1. The van der Waals surface area contributed by atoms with Gasteiger partial charge < -0.3 is 15.2 Å². The molecule has 20 heavy (non-hydrogen) atoms. The molecule has 2 rings (SSSR count). The maximum Gasteiger partial charge on any atom is 0.251 e. The average Bonchev–Trinajstić information content (AvgIpc) is 2.81. The highest BCUT2D eigenvalue weighted by Gasteiger charge is 2.39. The van der Waals surface area contributed by atoms with E-state index < -0.39 is 5.82 Å². The molecule has 1 aromatic carbocycles. The fraction of sp³-hybridized carbons (Fsp3) is 0.533. The molecule has 1 saturated carbocycles. The van der Waals surface area contributed by atoms with E-state index in [9.17, 15) is 14.3 Å². The number of nitrogens with one attached hydrogen (secondary N) is 1. The van der Waals surface area contributed by atoms with Gasteiger partial charge in [0, 0.05) is 17.0 Å². The molecule has 0 saturated heterocycles. The van der Waals surface area contributed by atoms with Crippen molar-refractivity contribution in [2.24, 2.45) is 5.41 Å². The van der Waals surface area contributed by atoms with Gasteiger partial charge in [-0.25, -0.2) is 4.39 Å². The van der Waals surface area contributed by atoms with Gasteiger partial charge in [-0.1, -0.05) is 13.3 Å². The van der Waals surface area contributed by atoms with Gasteiger partial charge in [-0.3, -0.25) is 4.79 Å². The van der Waals surface area contributed by atoms with Crippen LogP contribution in [0.2, 0.25) is 0 Å². The van der Waals surface area contributed by atoms with Crippen molar-refractivity contribution in [1.29, 1.82) is 0 Å². The van der Waals surface area contributed by atoms with Crippen molar-refractivity contribution in [2.45, 2.75) is 32.2 Å². The third-order valence-corrected chi connectivity index (χ3v) is 4.16. The summed E-state index contributed by atoms with van der Waals surface area (Å²) >= 11 is 0. The van der Waals surface area contributed by atoms with Crippen molar-refractivity contribution < 1.29 is 19.0 Å². The first-order valence-corrected chi connectivity index (χ1v) is 6.75. The number of ether oxygens (including phenoxy) is 1. The molecule has 1 fully saturated rings. The van der Waals surface area contributed by atoms with Crippen LogP contribution < -0.4 is 10.1 Å². The van der Waals surface area contributed by atoms with Gasteiger partial charge in [0.15, 0.2) is 11.6 Å². The van der Waals surface area contributed by atoms with Crippen LogP contribution in [-0.2, 0) is 0 Å². The summed E-state index contributed by atoms with van der Waals surface area (Å²) in [4.78, 5) is 12.2. The Balaban J connectivity index is 2.12. The monoisotopic (exact) mass is 281 g/mol. The number of amides is 1. The predicted octanol–water partition coefficient (Wildman–Crippen LogP) is 2.12. The van der Waals surface area contributed by atoms with Gasteiger partial charge in [0.25, 0.3) is 5.91 Å². The molecule has 0 bridgehead atoms. The van der Waals surface area contributed by atoms with Crippen LogP contribution in [0.3, 0.4) is 0 Å². The molecule has 2 unspecified atom stereocenters. The number of aliphatic hydroxyl groups excluding tert-OH is 1. The summed E-state index contributed by atoms with van der Waals surface area (Å²) in [7, 11) is 1.36. The molecule has 2 N–H and O–H groups in total. The first-order chi connectivity index (χ1) is 9.50. The predicted molar refractivity (Wildman–Crippen MR) is 73.3 cm³/mol. The minimum atomic E-state index is -0.495. The van der Waals surface area contributed by atoms with Crippen LogP contribution >= 0.6 is 0 Å². The van der Waals surface area contributed by atoms with E-state index in [4.69, 9.17) is 4.74 Å². The Morgan fingerprint density at radius 2 is 2.35 bits per heavy atom. The average molecular weight is 281 g/mol. The SMILES string of the molecule is COc1cc(C(=O)NC2CCCC2(C)CO)ccc1F. The number of carbonyl (C=O) groups excluding carboxylic acids is 1. The topological polar surface area (TPSA) is 58.6 Å². The molecule has 5 heteroatoms. The fourth-order valence-corrected chi connectivity index (χ4v) is 2.71. The lowest BCUT2D eigenvalue weighted by Gasteiger charge is -2.30. The van der Waals surface area contributed by atoms with Crippen molar-refractivity contribution >= 4 is 5.91 Å². The van der Waals surface area contributed by atoms with E-state index in [1.165, 1.54) is 25.3 Å². The van der Waals surface area contributed by atoms with Gasteiger partial charge in [0.05, 0.1) is 13.7 Å². The molecule has 0 aliphatic heterocycles. The highest BCUT2D eigenvalue weighted by Crippen LogP contribution is 2.37. The van der Waals surface area contributed by atoms with E-state index in [-0.39, 0.29) is 29.7 Å². The molecular formula is C15H20FNO3. The number of carbonyl (C=O) groups is 1. The van der Waals surface area contributed by atoms with Gasteiger partial charge in [-0.2, -0.15) is 0 Å². The normalized spacial score (nSPS) is 25.5. The number of hydrogen-bond acceptors (Lipinski definition) is 3. The lowest BCUT2D eigenvalue weighted by molar-refractivity contribution is 0.0830. The molecule has 0 heterocycles. The Bertz CT molecular complexity index is 506. The summed E-state index contributed by atoms with van der Waals surface area (Å²) < 4.78 is 18.2. The van der Waals surface area contributed by atoms with Gasteiger partial charge in [0.1, 0.15) is 0 Å². The maximum atomic E-state index is 13.3. The molecule has 1 aliphatic carbocycles. The second-order valence-electron chi connectivity index (χ2n) is 5.58. The van der Waals surface area contributed by atoms with Crippen molar-refractivity contribution in [3.63, 3.8) is 0 Å². The van der Waals surface area contributed by atoms with E-state index in [2.05, 4.69) is 5.32 Å². The first-order valence-electron chi connectivity index (χ1n) is 6.75. The van der Waals surface area contributed by atoms with Gasteiger partial charge in [0.2, 0.25) is 0 Å². The van der Waals surface area contributed by atoms with Crippen molar-refractivity contribution in [2.75, 3.05) is 13.7 Å². The van der Waals surface area contributed by atoms with Crippen LogP contribution in [0.15, 0.2) is 18.2 Å². The minimum absolute atomic E-state index is 0.0463. The summed E-state index contributed by atoms with van der Waals surface area (Å²) in [5, 5.41) is 12.4. The molecule has 4 nitrogen and oxygen atoms in total. The zero-order valence-corrected chi connectivity index (χ0v) is 11.8. The fourth-order valence-electron chi connectivity index (χ4n) is 2.71. The van der Waals surface area contributed by atoms with Crippen LogP contribution in [0.5, 0.6) is 5.75 Å². The second kappa shape index (κ2) is 5.79. The molecule has 0 spiro atoms. The molecule has 110 valence electrons. The molecule has 1 aliphatic rings. The highest BCUT2D eigenvalue weighted by atomic mass is 19.1. The largest absolute Gasteiger partial charge is 0.494 e. The number of aliphatic hydroxyl groups is 1. The summed E-state index contributed by atoms with van der Waals surface area (Å²) in [6.07, 6.45) is 2.72. The smallest absolute Gasteiger partial charge is 0.251 e. The zero-order valence-electron chi connectivity index (χ0n) is 11.8. The Kier molecular flexibility index (Phi) is 4.28. The van der Waals surface area contributed by atoms with Crippen molar-refractivity contribution in [3.05, 3.63) is 29.6 Å². The third kappa shape index (κ3) is 2.77. The quantitative estimate of drug-likeness (QED) is 0.888. The standard InChI is InChI=1S/C15H20FNO3/c1-15(9-18)7-3-4-13(15)17-14(19)10-5-6-11(16)12(8-10)20-2/h5-6,8,13,18H,3-4,7,9H2,1-2H3,(H,17,19). The highest BCUT2D eigenvalue weighted by molar-refractivity contribution is 5.94. The number of methoxy groups -OCH3 is 1. The molecular weight excluding hydrogens is 261 g/mol. The van der Waals surface area contributed by atoms with Gasteiger partial charge in [-0.15, -0.1) is 0 Å². The van der Waals surface area contributed by atoms with Crippen LogP contribution in [0.1, 0.15) is 36.5 Å². The van der Waals surface area contributed by atoms with E-state index in [0.29, 0.717) is 5.56 Å². The lowest BCUT2D eigenvalue weighted by atomic mass is 9.85. The summed E-state index contributed by atoms with van der Waals surface area (Å²) in [6.45, 7) is 2.01. The Morgan fingerprint density at radius 1 is 1.60 bits per heavy atom. The van der Waals surface area contributed by atoms with Gasteiger partial charge >= 0.3 is 0 Å². The lowest BCUT2D eigenvalue weighted by Crippen LogP contribution is -2.44. The number of benzene rings is 1. The molecule has 0 aromatic heterocycles. The summed E-state index contributed by atoms with van der Waals surface area (Å²) in [6, 6.07) is 3.97. The van der Waals surface area contributed by atoms with E-state index in [1.54, 1.807) is 0 Å². The minimum Gasteiger partial charge on any atom is -0.494 e. The van der Waals surface area contributed by atoms with Gasteiger partial charge in [-0.05, 0) is 31.0 Å². The van der Waals surface area contributed by atoms with Crippen LogP contribution in [0.25, 0.3) is 0 Å². The molecule has 0 radical (unpaired) electrons. The molecule has 1 aromatic rings. The molecule has 2 atom stereocenters. The maximum absolute atomic E-state index is 13.3. The van der Waals surface area contributed by atoms with Crippen LogP contribution in [0.4, 0.5) is 4.39 Å². The number of rotatable bonds is 4. The molecule has 1 amide bonds. The van der Waals surface area contributed by atoms with Crippen LogP contribution in [-0.4, -0.2) is 30.8 Å². The van der Waals surface area contributed by atoms with E-state index >= 15 is 0 Å². The summed E-state index contributed by atoms with van der Waals surface area (Å²) in [5.41, 5.74) is 0.0789. The summed E-state index contributed by atoms with van der Waals surface area (Å²) in [5.74, 6) is -0.714. The zero-order chi connectivity index (χ0) is 14.8. The van der Waals surface area contributed by atoms with Crippen molar-refractivity contribution in [1.82, 2.24) is 5.32 Å². The Labute approximate surface area is 117 Å². The Hall–Kier alpha value is -1.62. The second-order valence-corrected chi connectivity index (χ2v) is 5.58.